The van der Waals surface area contributed by atoms with Crippen molar-refractivity contribution < 1.29 is 30.3 Å². The molecule has 0 bridgehead atoms. The highest BCUT2D eigenvalue weighted by Gasteiger charge is 2.55. The molecule has 41 heavy (non-hydrogen) atoms. The van der Waals surface area contributed by atoms with Crippen molar-refractivity contribution in [1.82, 2.24) is 20.0 Å². The third kappa shape index (κ3) is 7.88. The maximum Gasteiger partial charge on any atom is 0.154 e. The van der Waals surface area contributed by atoms with E-state index in [-0.39, 0.29) is 36.3 Å². The Kier molecular flexibility index (Phi) is 10.2. The Labute approximate surface area is 246 Å². The molecule has 4 aliphatic carbocycles. The van der Waals surface area contributed by atoms with Crippen LogP contribution in [0.1, 0.15) is 64.2 Å². The number of hydrogen-bond acceptors (Lipinski definition) is 10. The molecule has 0 amide bonds. The van der Waals surface area contributed by atoms with Crippen LogP contribution in [0.4, 0.5) is 0 Å². The summed E-state index contributed by atoms with van der Waals surface area (Å²) in [6.07, 6.45) is 11.9. The number of aliphatic hydroxyl groups excluding tert-OH is 5. The molecule has 10 heteroatoms. The average molecular weight is 581 g/mol. The number of carbonyl (C=O) groups excluding carboxylic acids is 1. The average Bonchev–Trinajstić information content (AvgIpc) is 3.81. The molecule has 10 nitrogen and oxygen atoms in total. The summed E-state index contributed by atoms with van der Waals surface area (Å²) in [5.41, 5.74) is 1.40. The van der Waals surface area contributed by atoms with Gasteiger partial charge in [-0.1, -0.05) is 0 Å². The molecule has 0 radical (unpaired) electrons. The molecule has 0 aromatic rings. The van der Waals surface area contributed by atoms with Gasteiger partial charge in [-0.15, -0.1) is 0 Å². The first-order chi connectivity index (χ1) is 19.7. The number of likely N-dealkylation sites (tertiary alicyclic amines) is 3. The number of β-amino-alcohol motifs (C(OH)–C–C–N with tert-alkyl or cyclic N) is 4. The molecule has 4 aliphatic heterocycles. The molecule has 2 atom stereocenters. The zero-order valence-electron chi connectivity index (χ0n) is 25.1. The maximum atomic E-state index is 11.4. The number of rotatable bonds is 7. The first-order valence-electron chi connectivity index (χ1n) is 16.3. The van der Waals surface area contributed by atoms with Crippen LogP contribution >= 0.6 is 0 Å². The standard InChI is InChI=1S/C9H15NO2.C8H15NO2.C8H15NO.C6H11NO/c11-5-1-4-10-6-8(12)9(7-10)2-3-9;10-4-3-9-5-7(11)8(6-9)1-2-8;10-6-5-9-4-3-8(7-9)1-2-8;8-5-3-7-4-6(5)1-2-6/h11H,1-7H2;7,10-11H,1-6H2;10H,1-7H2;5,7-8H,1-4H2. The van der Waals surface area contributed by atoms with Crippen LogP contribution < -0.4 is 5.32 Å². The van der Waals surface area contributed by atoms with Gasteiger partial charge in [-0.3, -0.25) is 14.6 Å². The number of Topliss-reactive ketones (excluding diaryl/α,β-unsaturated/α-hetero) is 1. The predicted octanol–water partition coefficient (Wildman–Crippen LogP) is -0.336. The van der Waals surface area contributed by atoms with E-state index in [1.165, 1.54) is 58.0 Å². The molecule has 0 aromatic carbocycles. The van der Waals surface area contributed by atoms with E-state index in [4.69, 9.17) is 15.3 Å². The molecular formula is C31H56N4O6. The van der Waals surface area contributed by atoms with E-state index in [1.807, 2.05) is 0 Å². The summed E-state index contributed by atoms with van der Waals surface area (Å²) in [5.74, 6) is 0.431. The van der Waals surface area contributed by atoms with Crippen molar-refractivity contribution in [3.8, 4) is 0 Å². The van der Waals surface area contributed by atoms with Crippen LogP contribution in [0.5, 0.6) is 0 Å². The summed E-state index contributed by atoms with van der Waals surface area (Å²) in [7, 11) is 0. The topological polar surface area (TPSA) is 140 Å². The predicted molar refractivity (Wildman–Crippen MR) is 156 cm³/mol. The molecule has 8 fully saturated rings. The summed E-state index contributed by atoms with van der Waals surface area (Å²) in [6, 6.07) is 0. The van der Waals surface area contributed by atoms with E-state index < -0.39 is 0 Å². The van der Waals surface area contributed by atoms with Crippen LogP contribution in [0.15, 0.2) is 0 Å². The number of aliphatic hydroxyl groups is 5. The zero-order chi connectivity index (χ0) is 29.1. The molecular weight excluding hydrogens is 524 g/mol. The lowest BCUT2D eigenvalue weighted by atomic mass is 10.0. The van der Waals surface area contributed by atoms with Gasteiger partial charge < -0.3 is 35.7 Å². The number of nitrogens with zero attached hydrogens (tertiary/aromatic N) is 3. The number of carbonyl (C=O) groups is 1. The van der Waals surface area contributed by atoms with Crippen molar-refractivity contribution in [3.05, 3.63) is 0 Å². The van der Waals surface area contributed by atoms with Crippen LogP contribution in [0.2, 0.25) is 0 Å². The van der Waals surface area contributed by atoms with Crippen molar-refractivity contribution in [2.24, 2.45) is 21.7 Å². The monoisotopic (exact) mass is 580 g/mol. The third-order valence-corrected chi connectivity index (χ3v) is 11.3. The van der Waals surface area contributed by atoms with Gasteiger partial charge in [-0.25, -0.2) is 0 Å². The van der Waals surface area contributed by atoms with E-state index in [9.17, 15) is 15.0 Å². The van der Waals surface area contributed by atoms with Gasteiger partial charge in [0.2, 0.25) is 0 Å². The Morgan fingerprint density at radius 2 is 1.39 bits per heavy atom. The second kappa shape index (κ2) is 13.1. The Morgan fingerprint density at radius 3 is 1.83 bits per heavy atom. The second-order valence-corrected chi connectivity index (χ2v) is 14.6. The first kappa shape index (κ1) is 31.7. The number of hydrogen-bond donors (Lipinski definition) is 6. The highest BCUT2D eigenvalue weighted by molar-refractivity contribution is 5.91. The highest BCUT2D eigenvalue weighted by Crippen LogP contribution is 2.53. The Morgan fingerprint density at radius 1 is 0.707 bits per heavy atom. The molecule has 2 unspecified atom stereocenters. The zero-order valence-corrected chi connectivity index (χ0v) is 25.1. The van der Waals surface area contributed by atoms with Crippen LogP contribution in [0.25, 0.3) is 0 Å². The van der Waals surface area contributed by atoms with E-state index >= 15 is 0 Å². The fraction of sp³-hybridized carbons (Fsp3) is 0.968. The second-order valence-electron chi connectivity index (χ2n) is 14.6. The number of nitrogens with one attached hydrogen (secondary N) is 1. The van der Waals surface area contributed by atoms with Gasteiger partial charge in [-0.2, -0.15) is 0 Å². The minimum absolute atomic E-state index is 0.0394. The first-order valence-corrected chi connectivity index (χ1v) is 16.3. The van der Waals surface area contributed by atoms with Gasteiger partial charge in [0.25, 0.3) is 0 Å². The fourth-order valence-corrected chi connectivity index (χ4v) is 7.41. The Balaban J connectivity index is 0.000000111. The Hall–Kier alpha value is -0.690. The molecule has 8 rings (SSSR count). The van der Waals surface area contributed by atoms with Gasteiger partial charge in [0.15, 0.2) is 5.78 Å². The van der Waals surface area contributed by atoms with Gasteiger partial charge >= 0.3 is 0 Å². The van der Waals surface area contributed by atoms with E-state index in [2.05, 4.69) is 20.0 Å². The summed E-state index contributed by atoms with van der Waals surface area (Å²) in [6.45, 7) is 10.9. The molecule has 4 saturated heterocycles. The van der Waals surface area contributed by atoms with Gasteiger partial charge in [0, 0.05) is 81.8 Å². The van der Waals surface area contributed by atoms with E-state index in [0.29, 0.717) is 24.3 Å². The van der Waals surface area contributed by atoms with Crippen molar-refractivity contribution in [1.29, 1.82) is 0 Å². The summed E-state index contributed by atoms with van der Waals surface area (Å²) >= 11 is 0. The Bertz CT molecular complexity index is 873. The summed E-state index contributed by atoms with van der Waals surface area (Å²) in [5, 5.41) is 48.0. The quantitative estimate of drug-likeness (QED) is 0.237. The highest BCUT2D eigenvalue weighted by atomic mass is 16.3. The minimum atomic E-state index is -0.131. The van der Waals surface area contributed by atoms with Crippen molar-refractivity contribution in [2.45, 2.75) is 76.4 Å². The van der Waals surface area contributed by atoms with Crippen LogP contribution in [0.3, 0.4) is 0 Å². The fourth-order valence-electron chi connectivity index (χ4n) is 7.41. The molecule has 6 N–H and O–H groups in total. The lowest BCUT2D eigenvalue weighted by Crippen LogP contribution is -2.25. The summed E-state index contributed by atoms with van der Waals surface area (Å²) < 4.78 is 0. The van der Waals surface area contributed by atoms with Crippen molar-refractivity contribution in [2.75, 3.05) is 91.8 Å². The molecule has 4 heterocycles. The lowest BCUT2D eigenvalue weighted by Gasteiger charge is -2.12. The molecule has 4 saturated carbocycles. The van der Waals surface area contributed by atoms with Crippen LogP contribution in [-0.2, 0) is 4.79 Å². The minimum Gasteiger partial charge on any atom is -0.396 e. The number of ketones is 1. The van der Waals surface area contributed by atoms with Gasteiger partial charge in [0.05, 0.1) is 32.0 Å². The van der Waals surface area contributed by atoms with Gasteiger partial charge in [0.1, 0.15) is 0 Å². The van der Waals surface area contributed by atoms with Crippen molar-refractivity contribution in [3.63, 3.8) is 0 Å². The van der Waals surface area contributed by atoms with Crippen LogP contribution in [0, 0.1) is 21.7 Å². The molecule has 0 aromatic heterocycles. The largest absolute Gasteiger partial charge is 0.396 e. The maximum absolute atomic E-state index is 11.4. The lowest BCUT2D eigenvalue weighted by molar-refractivity contribution is -0.120. The molecule has 8 aliphatic rings. The smallest absolute Gasteiger partial charge is 0.154 e. The molecule has 236 valence electrons. The van der Waals surface area contributed by atoms with Crippen molar-refractivity contribution >= 4 is 5.78 Å². The third-order valence-electron chi connectivity index (χ3n) is 11.3. The van der Waals surface area contributed by atoms with Gasteiger partial charge in [-0.05, 0) is 76.2 Å². The van der Waals surface area contributed by atoms with E-state index in [0.717, 1.165) is 77.0 Å². The molecule has 4 spiro atoms. The SMILES string of the molecule is O=C1CN(CCCO)CC12CC2.OC1CNCC12CC2.OCCN1CC(O)C2(CC2)C1.OCCN1CCC2(CC2)C1. The van der Waals surface area contributed by atoms with E-state index in [1.54, 1.807) is 0 Å². The van der Waals surface area contributed by atoms with Crippen LogP contribution in [-0.4, -0.2) is 150 Å². The normalized spacial score (nSPS) is 32.5. The summed E-state index contributed by atoms with van der Waals surface area (Å²) in [4.78, 5) is 18.1.